The van der Waals surface area contributed by atoms with Crippen molar-refractivity contribution in [3.8, 4) is 0 Å². The van der Waals surface area contributed by atoms with E-state index < -0.39 is 5.91 Å². The summed E-state index contributed by atoms with van der Waals surface area (Å²) in [7, 11) is 0. The number of amides is 2. The van der Waals surface area contributed by atoms with E-state index in [0.717, 1.165) is 0 Å². The predicted octanol–water partition coefficient (Wildman–Crippen LogP) is 0.149. The van der Waals surface area contributed by atoms with Crippen LogP contribution >= 0.6 is 0 Å². The van der Waals surface area contributed by atoms with Gasteiger partial charge < -0.3 is 15.4 Å². The fourth-order valence-corrected chi connectivity index (χ4v) is 1.62. The van der Waals surface area contributed by atoms with Gasteiger partial charge >= 0.3 is 0 Å². The molecule has 0 saturated carbocycles. The number of benzene rings is 1. The van der Waals surface area contributed by atoms with E-state index in [-0.39, 0.29) is 12.5 Å². The molecule has 5 heteroatoms. The minimum absolute atomic E-state index is 0.0841. The quantitative estimate of drug-likeness (QED) is 0.771. The van der Waals surface area contributed by atoms with Crippen molar-refractivity contribution >= 4 is 17.5 Å². The summed E-state index contributed by atoms with van der Waals surface area (Å²) in [5.74, 6) is -0.601. The SMILES string of the molecule is NC(=O)c1cccc(N2CCOCC2=O)c1. The molecule has 84 valence electrons. The van der Waals surface area contributed by atoms with Crippen LogP contribution in [0.3, 0.4) is 0 Å². The first-order chi connectivity index (χ1) is 7.68. The average molecular weight is 220 g/mol. The van der Waals surface area contributed by atoms with Gasteiger partial charge in [0.05, 0.1) is 6.61 Å². The first kappa shape index (κ1) is 10.6. The lowest BCUT2D eigenvalue weighted by Crippen LogP contribution is -2.41. The van der Waals surface area contributed by atoms with Crippen LogP contribution in [0.1, 0.15) is 10.4 Å². The Kier molecular flexibility index (Phi) is 2.87. The molecule has 1 fully saturated rings. The molecule has 0 radical (unpaired) electrons. The number of hydrogen-bond acceptors (Lipinski definition) is 3. The number of anilines is 1. The number of carbonyl (C=O) groups is 2. The predicted molar refractivity (Wildman–Crippen MR) is 58.1 cm³/mol. The summed E-state index contributed by atoms with van der Waals surface area (Å²) >= 11 is 0. The van der Waals surface area contributed by atoms with E-state index in [1.807, 2.05) is 0 Å². The van der Waals surface area contributed by atoms with E-state index in [2.05, 4.69) is 0 Å². The number of nitrogens with zero attached hydrogens (tertiary/aromatic N) is 1. The largest absolute Gasteiger partial charge is 0.370 e. The molecule has 2 N–H and O–H groups in total. The Bertz CT molecular complexity index is 431. The van der Waals surface area contributed by atoms with Crippen LogP contribution < -0.4 is 10.6 Å². The van der Waals surface area contributed by atoms with Gasteiger partial charge in [-0.2, -0.15) is 0 Å². The third-order valence-electron chi connectivity index (χ3n) is 2.43. The smallest absolute Gasteiger partial charge is 0.253 e. The minimum atomic E-state index is -0.498. The molecule has 5 nitrogen and oxygen atoms in total. The van der Waals surface area contributed by atoms with Crippen molar-refractivity contribution in [1.29, 1.82) is 0 Å². The van der Waals surface area contributed by atoms with Crippen molar-refractivity contribution in [3.05, 3.63) is 29.8 Å². The minimum Gasteiger partial charge on any atom is -0.370 e. The van der Waals surface area contributed by atoms with Crippen LogP contribution in [0.15, 0.2) is 24.3 Å². The second kappa shape index (κ2) is 4.32. The zero-order valence-corrected chi connectivity index (χ0v) is 8.68. The number of carbonyl (C=O) groups excluding carboxylic acids is 2. The summed E-state index contributed by atoms with van der Waals surface area (Å²) in [6.07, 6.45) is 0. The van der Waals surface area contributed by atoms with Crippen LogP contribution in [-0.4, -0.2) is 31.6 Å². The highest BCUT2D eigenvalue weighted by molar-refractivity contribution is 5.98. The van der Waals surface area contributed by atoms with Gasteiger partial charge in [-0.3, -0.25) is 9.59 Å². The molecule has 1 aromatic rings. The molecule has 0 aliphatic carbocycles. The molecule has 0 aromatic heterocycles. The van der Waals surface area contributed by atoms with Crippen molar-refractivity contribution in [2.75, 3.05) is 24.7 Å². The Labute approximate surface area is 92.8 Å². The Balaban J connectivity index is 2.28. The number of rotatable bonds is 2. The molecule has 0 atom stereocenters. The maximum atomic E-state index is 11.6. The Hall–Kier alpha value is -1.88. The Morgan fingerprint density at radius 2 is 2.25 bits per heavy atom. The number of ether oxygens (including phenoxy) is 1. The van der Waals surface area contributed by atoms with Gasteiger partial charge in [-0.15, -0.1) is 0 Å². The van der Waals surface area contributed by atoms with Gasteiger partial charge in [0.15, 0.2) is 0 Å². The summed E-state index contributed by atoms with van der Waals surface area (Å²) in [6.45, 7) is 1.09. The molecule has 1 aromatic carbocycles. The summed E-state index contributed by atoms with van der Waals surface area (Å²) < 4.78 is 5.03. The van der Waals surface area contributed by atoms with Gasteiger partial charge in [0.1, 0.15) is 6.61 Å². The van der Waals surface area contributed by atoms with E-state index in [1.54, 1.807) is 29.2 Å². The zero-order valence-electron chi connectivity index (χ0n) is 8.68. The molecule has 16 heavy (non-hydrogen) atoms. The highest BCUT2D eigenvalue weighted by atomic mass is 16.5. The monoisotopic (exact) mass is 220 g/mol. The molecule has 0 bridgehead atoms. The zero-order chi connectivity index (χ0) is 11.5. The third kappa shape index (κ3) is 2.04. The van der Waals surface area contributed by atoms with Gasteiger partial charge in [0, 0.05) is 17.8 Å². The molecule has 2 rings (SSSR count). The Morgan fingerprint density at radius 3 is 2.94 bits per heavy atom. The lowest BCUT2D eigenvalue weighted by atomic mass is 10.1. The van der Waals surface area contributed by atoms with Gasteiger partial charge in [0.2, 0.25) is 5.91 Å². The van der Waals surface area contributed by atoms with E-state index in [0.29, 0.717) is 24.4 Å². The van der Waals surface area contributed by atoms with Gasteiger partial charge in [-0.1, -0.05) is 6.07 Å². The molecular formula is C11H12N2O3. The van der Waals surface area contributed by atoms with Gasteiger partial charge in [-0.05, 0) is 18.2 Å². The Morgan fingerprint density at radius 1 is 1.44 bits per heavy atom. The lowest BCUT2D eigenvalue weighted by Gasteiger charge is -2.27. The topological polar surface area (TPSA) is 72.6 Å². The van der Waals surface area contributed by atoms with Crippen LogP contribution in [0.4, 0.5) is 5.69 Å². The molecule has 1 heterocycles. The molecule has 0 unspecified atom stereocenters. The van der Waals surface area contributed by atoms with Crippen LogP contribution in [0.2, 0.25) is 0 Å². The van der Waals surface area contributed by atoms with Crippen molar-refractivity contribution < 1.29 is 14.3 Å². The first-order valence-corrected chi connectivity index (χ1v) is 4.96. The fourth-order valence-electron chi connectivity index (χ4n) is 1.62. The summed E-state index contributed by atoms with van der Waals surface area (Å²) in [6, 6.07) is 6.72. The number of morpholine rings is 1. The summed E-state index contributed by atoms with van der Waals surface area (Å²) in [5, 5.41) is 0. The van der Waals surface area contributed by atoms with Crippen LogP contribution in [0.25, 0.3) is 0 Å². The van der Waals surface area contributed by atoms with Crippen LogP contribution in [0.5, 0.6) is 0 Å². The second-order valence-corrected chi connectivity index (χ2v) is 3.51. The normalized spacial score (nSPS) is 16.2. The van der Waals surface area contributed by atoms with E-state index in [4.69, 9.17) is 10.5 Å². The molecular weight excluding hydrogens is 208 g/mol. The number of nitrogens with two attached hydrogens (primary N) is 1. The molecule has 1 aliphatic rings. The highest BCUT2D eigenvalue weighted by Gasteiger charge is 2.20. The van der Waals surface area contributed by atoms with Crippen molar-refractivity contribution in [2.45, 2.75) is 0 Å². The van der Waals surface area contributed by atoms with E-state index in [1.165, 1.54) is 0 Å². The first-order valence-electron chi connectivity index (χ1n) is 4.96. The maximum Gasteiger partial charge on any atom is 0.253 e. The van der Waals surface area contributed by atoms with E-state index >= 15 is 0 Å². The highest BCUT2D eigenvalue weighted by Crippen LogP contribution is 2.17. The second-order valence-electron chi connectivity index (χ2n) is 3.51. The summed E-state index contributed by atoms with van der Waals surface area (Å²) in [4.78, 5) is 24.2. The third-order valence-corrected chi connectivity index (χ3v) is 2.43. The molecule has 0 spiro atoms. The fraction of sp³-hybridized carbons (Fsp3) is 0.273. The van der Waals surface area contributed by atoms with Gasteiger partial charge in [0.25, 0.3) is 5.91 Å². The number of hydrogen-bond donors (Lipinski definition) is 1. The van der Waals surface area contributed by atoms with Gasteiger partial charge in [-0.25, -0.2) is 0 Å². The average Bonchev–Trinajstić information content (AvgIpc) is 2.30. The van der Waals surface area contributed by atoms with Crippen molar-refractivity contribution in [2.24, 2.45) is 5.73 Å². The number of primary amides is 1. The van der Waals surface area contributed by atoms with E-state index in [9.17, 15) is 9.59 Å². The van der Waals surface area contributed by atoms with Crippen molar-refractivity contribution in [3.63, 3.8) is 0 Å². The molecule has 2 amide bonds. The van der Waals surface area contributed by atoms with Crippen LogP contribution in [0, 0.1) is 0 Å². The maximum absolute atomic E-state index is 11.6. The summed E-state index contributed by atoms with van der Waals surface area (Å²) in [5.41, 5.74) is 6.26. The molecule has 1 saturated heterocycles. The van der Waals surface area contributed by atoms with Crippen molar-refractivity contribution in [1.82, 2.24) is 0 Å². The standard InChI is InChI=1S/C11H12N2O3/c12-11(15)8-2-1-3-9(6-8)13-4-5-16-7-10(13)14/h1-3,6H,4-5,7H2,(H2,12,15). The lowest BCUT2D eigenvalue weighted by molar-refractivity contribution is -0.125. The van der Waals surface area contributed by atoms with Crippen LogP contribution in [-0.2, 0) is 9.53 Å². The molecule has 1 aliphatic heterocycles.